The molecule has 0 spiro atoms. The smallest absolute Gasteiger partial charge is 0.335 e. The van der Waals surface area contributed by atoms with Gasteiger partial charge in [-0.25, -0.2) is 9.69 Å². The molecule has 0 bridgehead atoms. The standard InChI is InChI=1S/C14H20N4O4/c1-3-5-17-11(20)12(21)18(13(17)22)7-10(19)16-6-4-14(2,8-15)9-16/h3H,1,4-9,15H2,2H3. The lowest BCUT2D eigenvalue weighted by molar-refractivity contribution is -0.144. The van der Waals surface area contributed by atoms with Gasteiger partial charge in [0.2, 0.25) is 5.91 Å². The minimum atomic E-state index is -0.971. The molecule has 1 unspecified atom stereocenters. The molecule has 0 saturated carbocycles. The third-order valence-electron chi connectivity index (χ3n) is 4.14. The van der Waals surface area contributed by atoms with Crippen LogP contribution < -0.4 is 5.73 Å². The van der Waals surface area contributed by atoms with E-state index in [1.165, 1.54) is 6.08 Å². The number of urea groups is 1. The van der Waals surface area contributed by atoms with Gasteiger partial charge in [0.25, 0.3) is 0 Å². The topological polar surface area (TPSA) is 104 Å². The molecular weight excluding hydrogens is 288 g/mol. The lowest BCUT2D eigenvalue weighted by atomic mass is 9.90. The number of carbonyl (C=O) groups is 4. The molecule has 5 amide bonds. The van der Waals surface area contributed by atoms with Gasteiger partial charge in [0.15, 0.2) is 0 Å². The summed E-state index contributed by atoms with van der Waals surface area (Å²) >= 11 is 0. The van der Waals surface area contributed by atoms with Gasteiger partial charge in [0.1, 0.15) is 6.54 Å². The largest absolute Gasteiger partial charge is 0.341 e. The van der Waals surface area contributed by atoms with E-state index in [9.17, 15) is 19.2 Å². The molecule has 0 aromatic carbocycles. The van der Waals surface area contributed by atoms with Gasteiger partial charge >= 0.3 is 17.8 Å². The first-order valence-corrected chi connectivity index (χ1v) is 7.09. The van der Waals surface area contributed by atoms with Crippen LogP contribution in [0.15, 0.2) is 12.7 Å². The summed E-state index contributed by atoms with van der Waals surface area (Å²) in [4.78, 5) is 50.8. The Balaban J connectivity index is 2.03. The molecule has 0 radical (unpaired) electrons. The van der Waals surface area contributed by atoms with Crippen molar-refractivity contribution in [2.24, 2.45) is 11.1 Å². The number of likely N-dealkylation sites (tertiary alicyclic amines) is 1. The van der Waals surface area contributed by atoms with Gasteiger partial charge in [-0.1, -0.05) is 13.0 Å². The first-order chi connectivity index (χ1) is 10.3. The molecule has 2 aliphatic rings. The molecule has 0 aliphatic carbocycles. The maximum atomic E-state index is 12.3. The van der Waals surface area contributed by atoms with Crippen molar-refractivity contribution in [2.45, 2.75) is 13.3 Å². The molecule has 2 saturated heterocycles. The monoisotopic (exact) mass is 308 g/mol. The van der Waals surface area contributed by atoms with Crippen LogP contribution in [0.25, 0.3) is 0 Å². The molecule has 0 aromatic heterocycles. The van der Waals surface area contributed by atoms with Crippen LogP contribution in [-0.2, 0) is 14.4 Å². The maximum absolute atomic E-state index is 12.3. The SMILES string of the molecule is C=CCN1C(=O)C(=O)N(CC(=O)N2CCC(C)(CN)C2)C1=O. The van der Waals surface area contributed by atoms with E-state index in [0.717, 1.165) is 11.3 Å². The predicted molar refractivity (Wildman–Crippen MR) is 77.4 cm³/mol. The van der Waals surface area contributed by atoms with Gasteiger partial charge in [-0.05, 0) is 18.4 Å². The number of carbonyl (C=O) groups excluding carboxylic acids is 4. The molecule has 22 heavy (non-hydrogen) atoms. The molecule has 0 aromatic rings. The van der Waals surface area contributed by atoms with E-state index in [-0.39, 0.29) is 17.9 Å². The van der Waals surface area contributed by atoms with Crippen LogP contribution in [0.2, 0.25) is 0 Å². The van der Waals surface area contributed by atoms with Crippen molar-refractivity contribution in [3.05, 3.63) is 12.7 Å². The molecular formula is C14H20N4O4. The second-order valence-electron chi connectivity index (χ2n) is 5.96. The van der Waals surface area contributed by atoms with Gasteiger partial charge in [0, 0.05) is 19.6 Å². The molecule has 2 aliphatic heterocycles. The number of amides is 5. The zero-order valence-electron chi connectivity index (χ0n) is 12.6. The predicted octanol–water partition coefficient (Wildman–Crippen LogP) is -0.839. The van der Waals surface area contributed by atoms with E-state index in [4.69, 9.17) is 5.73 Å². The Morgan fingerprint density at radius 1 is 1.32 bits per heavy atom. The van der Waals surface area contributed by atoms with Crippen LogP contribution in [0.5, 0.6) is 0 Å². The van der Waals surface area contributed by atoms with E-state index >= 15 is 0 Å². The highest BCUT2D eigenvalue weighted by molar-refractivity contribution is 6.45. The zero-order valence-corrected chi connectivity index (χ0v) is 12.6. The van der Waals surface area contributed by atoms with Gasteiger partial charge in [-0.3, -0.25) is 19.3 Å². The highest BCUT2D eigenvalue weighted by Gasteiger charge is 2.45. The summed E-state index contributed by atoms with van der Waals surface area (Å²) in [6.45, 7) is 6.43. The number of rotatable bonds is 5. The van der Waals surface area contributed by atoms with Gasteiger partial charge in [0.05, 0.1) is 0 Å². The van der Waals surface area contributed by atoms with Crippen molar-refractivity contribution in [1.82, 2.24) is 14.7 Å². The summed E-state index contributed by atoms with van der Waals surface area (Å²) in [5.41, 5.74) is 5.55. The fourth-order valence-electron chi connectivity index (χ4n) is 2.62. The quantitative estimate of drug-likeness (QED) is 0.405. The highest BCUT2D eigenvalue weighted by Crippen LogP contribution is 2.28. The highest BCUT2D eigenvalue weighted by atomic mass is 16.2. The van der Waals surface area contributed by atoms with Crippen molar-refractivity contribution in [3.63, 3.8) is 0 Å². The van der Waals surface area contributed by atoms with Crippen LogP contribution in [0, 0.1) is 5.41 Å². The lowest BCUT2D eigenvalue weighted by Crippen LogP contribution is -2.43. The summed E-state index contributed by atoms with van der Waals surface area (Å²) in [5.74, 6) is -2.25. The van der Waals surface area contributed by atoms with Crippen molar-refractivity contribution in [2.75, 3.05) is 32.7 Å². The molecule has 2 N–H and O–H groups in total. The molecule has 1 atom stereocenters. The third-order valence-corrected chi connectivity index (χ3v) is 4.14. The van der Waals surface area contributed by atoms with Gasteiger partial charge < -0.3 is 10.6 Å². The number of nitrogens with two attached hydrogens (primary N) is 1. The molecule has 2 heterocycles. The van der Waals surface area contributed by atoms with Crippen LogP contribution >= 0.6 is 0 Å². The van der Waals surface area contributed by atoms with Gasteiger partial charge in [-0.2, -0.15) is 0 Å². The summed E-state index contributed by atoms with van der Waals surface area (Å²) in [7, 11) is 0. The van der Waals surface area contributed by atoms with Crippen molar-refractivity contribution in [3.8, 4) is 0 Å². The fourth-order valence-corrected chi connectivity index (χ4v) is 2.62. The van der Waals surface area contributed by atoms with Gasteiger partial charge in [-0.15, -0.1) is 6.58 Å². The molecule has 120 valence electrons. The van der Waals surface area contributed by atoms with Crippen LogP contribution in [-0.4, -0.2) is 71.2 Å². The van der Waals surface area contributed by atoms with Crippen LogP contribution in [0.1, 0.15) is 13.3 Å². The summed E-state index contributed by atoms with van der Waals surface area (Å²) in [6.07, 6.45) is 2.13. The normalized spacial score (nSPS) is 25.4. The Kier molecular flexibility index (Phi) is 4.32. The Bertz CT molecular complexity index is 547. The number of nitrogens with zero attached hydrogens (tertiary/aromatic N) is 3. The number of imide groups is 2. The van der Waals surface area contributed by atoms with E-state index in [2.05, 4.69) is 6.58 Å². The van der Waals surface area contributed by atoms with Crippen molar-refractivity contribution in [1.29, 1.82) is 0 Å². The summed E-state index contributed by atoms with van der Waals surface area (Å²) in [5, 5.41) is 0. The summed E-state index contributed by atoms with van der Waals surface area (Å²) < 4.78 is 0. The number of hydrogen-bond acceptors (Lipinski definition) is 5. The lowest BCUT2D eigenvalue weighted by Gasteiger charge is -2.23. The number of hydrogen-bond donors (Lipinski definition) is 1. The van der Waals surface area contributed by atoms with Crippen molar-refractivity contribution < 1.29 is 19.2 Å². The maximum Gasteiger partial charge on any atom is 0.335 e. The second-order valence-corrected chi connectivity index (χ2v) is 5.96. The Labute approximate surface area is 128 Å². The van der Waals surface area contributed by atoms with Crippen LogP contribution in [0.4, 0.5) is 4.79 Å². The first-order valence-electron chi connectivity index (χ1n) is 7.09. The fraction of sp³-hybridized carbons (Fsp3) is 0.571. The van der Waals surface area contributed by atoms with E-state index in [1.807, 2.05) is 6.92 Å². The molecule has 8 heteroatoms. The Hall–Kier alpha value is -2.22. The zero-order chi connectivity index (χ0) is 16.5. The third kappa shape index (κ3) is 2.74. The van der Waals surface area contributed by atoms with Crippen LogP contribution in [0.3, 0.4) is 0 Å². The Morgan fingerprint density at radius 2 is 1.95 bits per heavy atom. The van der Waals surface area contributed by atoms with Crippen molar-refractivity contribution >= 4 is 23.8 Å². The van der Waals surface area contributed by atoms with E-state index in [0.29, 0.717) is 24.5 Å². The average molecular weight is 308 g/mol. The molecule has 2 rings (SSSR count). The molecule has 2 fully saturated rings. The average Bonchev–Trinajstić information content (AvgIpc) is 2.98. The second kappa shape index (κ2) is 5.88. The first kappa shape index (κ1) is 16.2. The molecule has 8 nitrogen and oxygen atoms in total. The van der Waals surface area contributed by atoms with E-state index < -0.39 is 24.4 Å². The minimum absolute atomic E-state index is 0.0525. The Morgan fingerprint density at radius 3 is 2.50 bits per heavy atom. The van der Waals surface area contributed by atoms with E-state index in [1.54, 1.807) is 4.90 Å². The minimum Gasteiger partial charge on any atom is -0.341 e. The summed E-state index contributed by atoms with van der Waals surface area (Å²) in [6, 6.07) is -0.774.